The van der Waals surface area contributed by atoms with Crippen LogP contribution in [0.5, 0.6) is 0 Å². The second kappa shape index (κ2) is 7.47. The van der Waals surface area contributed by atoms with Crippen LogP contribution < -0.4 is 5.32 Å². The third kappa shape index (κ3) is 5.96. The van der Waals surface area contributed by atoms with Crippen molar-refractivity contribution in [2.75, 3.05) is 0 Å². The predicted molar refractivity (Wildman–Crippen MR) is 66.9 cm³/mol. The van der Waals surface area contributed by atoms with Gasteiger partial charge < -0.3 is 15.5 Å². The average Bonchev–Trinajstić information content (AvgIpc) is 2.80. The number of nitrogens with zero attached hydrogens (tertiary/aromatic N) is 1. The zero-order valence-corrected chi connectivity index (χ0v) is 10.9. The molecule has 1 rings (SSSR count). The number of nitrogens with one attached hydrogen (secondary N) is 1. The molecule has 0 radical (unpaired) electrons. The average molecular weight is 286 g/mol. The molecule has 0 saturated heterocycles. The summed E-state index contributed by atoms with van der Waals surface area (Å²) < 4.78 is 0. The number of carbonyl (C=O) groups excluding carboxylic acids is 1. The van der Waals surface area contributed by atoms with Gasteiger partial charge in [0.1, 0.15) is 6.04 Å². The highest BCUT2D eigenvalue weighted by atomic mass is 32.1. The van der Waals surface area contributed by atoms with Crippen molar-refractivity contribution >= 4 is 29.2 Å². The summed E-state index contributed by atoms with van der Waals surface area (Å²) in [5.74, 6) is -2.59. The number of carboxylic acid groups (broad SMARTS) is 2. The van der Waals surface area contributed by atoms with Crippen LogP contribution in [0.4, 0.5) is 0 Å². The number of aromatic nitrogens is 1. The second-order valence-corrected chi connectivity index (χ2v) is 4.61. The monoisotopic (exact) mass is 286 g/mol. The van der Waals surface area contributed by atoms with Gasteiger partial charge in [0.25, 0.3) is 0 Å². The maximum Gasteiger partial charge on any atom is 0.326 e. The lowest BCUT2D eigenvalue weighted by Crippen LogP contribution is -2.42. The zero-order chi connectivity index (χ0) is 14.3. The zero-order valence-electron chi connectivity index (χ0n) is 10.0. The van der Waals surface area contributed by atoms with Crippen LogP contribution in [0.15, 0.2) is 10.9 Å². The molecule has 0 aliphatic carbocycles. The first-order chi connectivity index (χ1) is 8.99. The number of amides is 1. The van der Waals surface area contributed by atoms with E-state index < -0.39 is 23.9 Å². The van der Waals surface area contributed by atoms with Gasteiger partial charge in [-0.25, -0.2) is 9.78 Å². The molecule has 1 heterocycles. The molecule has 1 unspecified atom stereocenters. The minimum Gasteiger partial charge on any atom is -0.481 e. The first-order valence-electron chi connectivity index (χ1n) is 5.60. The first-order valence-corrected chi connectivity index (χ1v) is 6.54. The van der Waals surface area contributed by atoms with Crippen LogP contribution in [-0.2, 0) is 20.8 Å². The van der Waals surface area contributed by atoms with Crippen molar-refractivity contribution in [3.05, 3.63) is 16.6 Å². The Kier molecular flexibility index (Phi) is 5.94. The van der Waals surface area contributed by atoms with Gasteiger partial charge in [0.15, 0.2) is 0 Å². The summed E-state index contributed by atoms with van der Waals surface area (Å²) >= 11 is 1.35. The summed E-state index contributed by atoms with van der Waals surface area (Å²) in [5.41, 5.74) is 2.19. The minimum atomic E-state index is -1.14. The molecule has 0 aliphatic rings. The SMILES string of the molecule is O=C(O)CCCC(=O)NC(Cc1cscn1)C(=O)O. The van der Waals surface area contributed by atoms with Crippen molar-refractivity contribution < 1.29 is 24.6 Å². The molecule has 1 atom stereocenters. The van der Waals surface area contributed by atoms with Gasteiger partial charge in [0, 0.05) is 24.6 Å². The van der Waals surface area contributed by atoms with Crippen LogP contribution in [0.1, 0.15) is 25.0 Å². The standard InChI is InChI=1S/C11H14N2O5S/c14-9(2-1-3-10(15)16)13-8(11(17)18)4-7-5-19-6-12-7/h5-6,8H,1-4H2,(H,13,14)(H,15,16)(H,17,18). The first kappa shape index (κ1) is 15.1. The Hall–Kier alpha value is -1.96. The Morgan fingerprint density at radius 1 is 1.32 bits per heavy atom. The highest BCUT2D eigenvalue weighted by Crippen LogP contribution is 2.05. The van der Waals surface area contributed by atoms with Crippen LogP contribution in [0.2, 0.25) is 0 Å². The molecular formula is C11H14N2O5S. The van der Waals surface area contributed by atoms with Crippen LogP contribution in [0, 0.1) is 0 Å². The van der Waals surface area contributed by atoms with E-state index >= 15 is 0 Å². The van der Waals surface area contributed by atoms with Gasteiger partial charge >= 0.3 is 11.9 Å². The van der Waals surface area contributed by atoms with Crippen molar-refractivity contribution in [2.24, 2.45) is 0 Å². The fraction of sp³-hybridized carbons (Fsp3) is 0.455. The molecule has 8 heteroatoms. The molecule has 0 aliphatic heterocycles. The number of thiazole rings is 1. The fourth-order valence-corrected chi connectivity index (χ4v) is 1.99. The second-order valence-electron chi connectivity index (χ2n) is 3.89. The third-order valence-corrected chi connectivity index (χ3v) is 2.96. The van der Waals surface area contributed by atoms with Gasteiger partial charge in [0.2, 0.25) is 5.91 Å². The predicted octanol–water partition coefficient (Wildman–Crippen LogP) is 0.510. The molecule has 104 valence electrons. The lowest BCUT2D eigenvalue weighted by molar-refractivity contribution is -0.142. The summed E-state index contributed by atoms with van der Waals surface area (Å²) in [6.45, 7) is 0. The van der Waals surface area contributed by atoms with Crippen molar-refractivity contribution in [3.63, 3.8) is 0 Å². The lowest BCUT2D eigenvalue weighted by atomic mass is 10.1. The largest absolute Gasteiger partial charge is 0.481 e. The van der Waals surface area contributed by atoms with Gasteiger partial charge in [-0.2, -0.15) is 0 Å². The smallest absolute Gasteiger partial charge is 0.326 e. The number of hydrogen-bond acceptors (Lipinski definition) is 5. The van der Waals surface area contributed by atoms with Crippen molar-refractivity contribution in [3.8, 4) is 0 Å². The molecular weight excluding hydrogens is 272 g/mol. The van der Waals surface area contributed by atoms with Gasteiger partial charge in [0.05, 0.1) is 11.2 Å². The molecule has 7 nitrogen and oxygen atoms in total. The maximum absolute atomic E-state index is 11.5. The minimum absolute atomic E-state index is 0.00680. The normalized spacial score (nSPS) is 11.8. The molecule has 19 heavy (non-hydrogen) atoms. The number of carbonyl (C=O) groups is 3. The number of rotatable bonds is 8. The Morgan fingerprint density at radius 2 is 2.05 bits per heavy atom. The molecule has 0 saturated carbocycles. The van der Waals surface area contributed by atoms with E-state index in [2.05, 4.69) is 10.3 Å². The Labute approximate surface area is 113 Å². The molecule has 1 amide bonds. The highest BCUT2D eigenvalue weighted by Gasteiger charge is 2.21. The van der Waals surface area contributed by atoms with Gasteiger partial charge in [-0.1, -0.05) is 0 Å². The quantitative estimate of drug-likeness (QED) is 0.641. The van der Waals surface area contributed by atoms with E-state index in [1.165, 1.54) is 11.3 Å². The Bertz CT molecular complexity index is 446. The highest BCUT2D eigenvalue weighted by molar-refractivity contribution is 7.07. The van der Waals surface area contributed by atoms with Gasteiger partial charge in [-0.15, -0.1) is 11.3 Å². The molecule has 0 spiro atoms. The van der Waals surface area contributed by atoms with Crippen LogP contribution in [0.25, 0.3) is 0 Å². The van der Waals surface area contributed by atoms with E-state index in [-0.39, 0.29) is 25.7 Å². The third-order valence-electron chi connectivity index (χ3n) is 2.32. The Balaban J connectivity index is 2.42. The van der Waals surface area contributed by atoms with Gasteiger partial charge in [-0.05, 0) is 6.42 Å². The summed E-state index contributed by atoms with van der Waals surface area (Å²) in [4.78, 5) is 36.7. The molecule has 3 N–H and O–H groups in total. The molecule has 0 fully saturated rings. The van der Waals surface area contributed by atoms with Crippen LogP contribution >= 0.6 is 11.3 Å². The lowest BCUT2D eigenvalue weighted by Gasteiger charge is -2.13. The topological polar surface area (TPSA) is 117 Å². The molecule has 0 bridgehead atoms. The molecule has 1 aromatic heterocycles. The van der Waals surface area contributed by atoms with Crippen LogP contribution in [-0.4, -0.2) is 39.1 Å². The summed E-state index contributed by atoms with van der Waals surface area (Å²) in [6.07, 6.45) is 0.179. The van der Waals surface area contributed by atoms with E-state index in [1.807, 2.05) is 0 Å². The van der Waals surface area contributed by atoms with Crippen molar-refractivity contribution in [2.45, 2.75) is 31.7 Å². The fourth-order valence-electron chi connectivity index (χ4n) is 1.41. The maximum atomic E-state index is 11.5. The summed E-state index contributed by atoms with van der Waals surface area (Å²) in [7, 11) is 0. The van der Waals surface area contributed by atoms with Crippen molar-refractivity contribution in [1.29, 1.82) is 0 Å². The summed E-state index contributed by atoms with van der Waals surface area (Å²) in [5, 5.41) is 21.5. The van der Waals surface area contributed by atoms with Crippen molar-refractivity contribution in [1.82, 2.24) is 10.3 Å². The Morgan fingerprint density at radius 3 is 2.58 bits per heavy atom. The summed E-state index contributed by atoms with van der Waals surface area (Å²) in [6, 6.07) is -1.04. The number of hydrogen-bond donors (Lipinski definition) is 3. The molecule has 0 aromatic carbocycles. The van der Waals surface area contributed by atoms with Crippen LogP contribution in [0.3, 0.4) is 0 Å². The van der Waals surface area contributed by atoms with E-state index in [9.17, 15) is 14.4 Å². The van der Waals surface area contributed by atoms with Gasteiger partial charge in [-0.3, -0.25) is 9.59 Å². The van der Waals surface area contributed by atoms with E-state index in [0.717, 1.165) is 0 Å². The van der Waals surface area contributed by atoms with E-state index in [4.69, 9.17) is 10.2 Å². The van der Waals surface area contributed by atoms with E-state index in [0.29, 0.717) is 5.69 Å². The molecule has 1 aromatic rings. The number of aliphatic carboxylic acids is 2. The van der Waals surface area contributed by atoms with E-state index in [1.54, 1.807) is 10.9 Å². The number of carboxylic acids is 2.